The first kappa shape index (κ1) is 16.7. The van der Waals surface area contributed by atoms with Gasteiger partial charge in [0.15, 0.2) is 9.84 Å². The summed E-state index contributed by atoms with van der Waals surface area (Å²) in [5, 5.41) is 12.9. The highest BCUT2D eigenvalue weighted by Crippen LogP contribution is 2.32. The largest absolute Gasteiger partial charge is 0.480 e. The van der Waals surface area contributed by atoms with E-state index in [2.05, 4.69) is 10.2 Å². The second-order valence-corrected chi connectivity index (χ2v) is 8.56. The zero-order valence-electron chi connectivity index (χ0n) is 12.7. The van der Waals surface area contributed by atoms with Crippen molar-refractivity contribution in [2.45, 2.75) is 50.6 Å². The fourth-order valence-electron chi connectivity index (χ4n) is 3.44. The van der Waals surface area contributed by atoms with Crippen LogP contribution in [0.2, 0.25) is 0 Å². The van der Waals surface area contributed by atoms with E-state index in [0.29, 0.717) is 32.5 Å². The third-order valence-corrected chi connectivity index (χ3v) is 6.35. The molecule has 2 aliphatic rings. The normalized spacial score (nSPS) is 33.7. The molecule has 2 atom stereocenters. The third kappa shape index (κ3) is 3.96. The van der Waals surface area contributed by atoms with Crippen molar-refractivity contribution in [3.63, 3.8) is 0 Å². The molecule has 1 saturated heterocycles. The summed E-state index contributed by atoms with van der Waals surface area (Å²) < 4.78 is 23.0. The maximum Gasteiger partial charge on any atom is 0.323 e. The molecule has 2 fully saturated rings. The molecule has 1 aliphatic carbocycles. The highest BCUT2D eigenvalue weighted by molar-refractivity contribution is 7.91. The molecule has 0 aromatic carbocycles. The number of nitrogens with one attached hydrogen (secondary N) is 1. The average Bonchev–Trinajstić information content (AvgIpc) is 2.45. The van der Waals surface area contributed by atoms with Gasteiger partial charge in [-0.25, -0.2) is 8.42 Å². The topological polar surface area (TPSA) is 86.7 Å². The second kappa shape index (κ2) is 6.62. The lowest BCUT2D eigenvalue weighted by Crippen LogP contribution is -2.59. The van der Waals surface area contributed by atoms with Gasteiger partial charge in [-0.15, -0.1) is 0 Å². The van der Waals surface area contributed by atoms with E-state index < -0.39 is 21.3 Å². The highest BCUT2D eigenvalue weighted by atomic mass is 32.2. The number of hydrogen-bond acceptors (Lipinski definition) is 5. The lowest BCUT2D eigenvalue weighted by Gasteiger charge is -2.44. The van der Waals surface area contributed by atoms with E-state index in [1.807, 2.05) is 6.92 Å². The van der Waals surface area contributed by atoms with Gasteiger partial charge in [-0.2, -0.15) is 0 Å². The van der Waals surface area contributed by atoms with Crippen LogP contribution < -0.4 is 5.32 Å². The molecule has 0 radical (unpaired) electrons. The van der Waals surface area contributed by atoms with Crippen molar-refractivity contribution in [2.75, 3.05) is 31.1 Å². The zero-order valence-corrected chi connectivity index (χ0v) is 13.5. The van der Waals surface area contributed by atoms with Gasteiger partial charge in [0, 0.05) is 19.1 Å². The molecular weight excluding hydrogens is 292 g/mol. The first-order chi connectivity index (χ1) is 9.88. The van der Waals surface area contributed by atoms with Crippen LogP contribution in [0.3, 0.4) is 0 Å². The molecule has 7 heteroatoms. The fraction of sp³-hybridized carbons (Fsp3) is 0.929. The Bertz CT molecular complexity index is 465. The molecule has 6 nitrogen and oxygen atoms in total. The van der Waals surface area contributed by atoms with Crippen LogP contribution in [0.15, 0.2) is 0 Å². The Balaban J connectivity index is 2.03. The summed E-state index contributed by atoms with van der Waals surface area (Å²) >= 11 is 0. The molecule has 1 aliphatic heterocycles. The maximum atomic E-state index is 11.7. The maximum absolute atomic E-state index is 11.7. The van der Waals surface area contributed by atoms with Crippen molar-refractivity contribution in [3.8, 4) is 0 Å². The fourth-order valence-corrected chi connectivity index (χ4v) is 4.67. The average molecular weight is 318 g/mol. The van der Waals surface area contributed by atoms with Gasteiger partial charge in [0.25, 0.3) is 0 Å². The monoisotopic (exact) mass is 318 g/mol. The number of sulfone groups is 1. The standard InChI is InChI=1S/C14H26N2O4S/c1-2-6-15-14(13(17)18)5-3-4-12(11-14)16-7-9-21(19,20)10-8-16/h12,15H,2-11H2,1H3,(H,17,18). The minimum absolute atomic E-state index is 0.176. The molecule has 0 aromatic heterocycles. The van der Waals surface area contributed by atoms with Gasteiger partial charge in [-0.3, -0.25) is 9.69 Å². The van der Waals surface area contributed by atoms with Crippen LogP contribution in [-0.4, -0.2) is 67.1 Å². The molecular formula is C14H26N2O4S. The van der Waals surface area contributed by atoms with Gasteiger partial charge < -0.3 is 10.4 Å². The Hall–Kier alpha value is -0.660. The van der Waals surface area contributed by atoms with E-state index in [1.54, 1.807) is 0 Å². The molecule has 0 amide bonds. The number of carboxylic acids is 1. The van der Waals surface area contributed by atoms with Crippen LogP contribution in [0.4, 0.5) is 0 Å². The van der Waals surface area contributed by atoms with Gasteiger partial charge in [0.1, 0.15) is 5.54 Å². The minimum atomic E-state index is -2.89. The molecule has 2 N–H and O–H groups in total. The number of hydrogen-bond donors (Lipinski definition) is 2. The van der Waals surface area contributed by atoms with Crippen LogP contribution in [0, 0.1) is 0 Å². The molecule has 2 rings (SSSR count). The van der Waals surface area contributed by atoms with Crippen molar-refractivity contribution in [2.24, 2.45) is 0 Å². The zero-order chi connectivity index (χ0) is 15.5. The van der Waals surface area contributed by atoms with E-state index >= 15 is 0 Å². The molecule has 1 saturated carbocycles. The van der Waals surface area contributed by atoms with E-state index in [1.165, 1.54) is 0 Å². The lowest BCUT2D eigenvalue weighted by atomic mass is 9.78. The second-order valence-electron chi connectivity index (χ2n) is 6.25. The van der Waals surface area contributed by atoms with Gasteiger partial charge >= 0.3 is 5.97 Å². The van der Waals surface area contributed by atoms with Crippen molar-refractivity contribution in [3.05, 3.63) is 0 Å². The molecule has 21 heavy (non-hydrogen) atoms. The summed E-state index contributed by atoms with van der Waals surface area (Å²) in [6, 6.07) is 0.176. The lowest BCUT2D eigenvalue weighted by molar-refractivity contribution is -0.147. The Morgan fingerprint density at radius 3 is 2.62 bits per heavy atom. The molecule has 122 valence electrons. The number of carboxylic acid groups (broad SMARTS) is 1. The van der Waals surface area contributed by atoms with Gasteiger partial charge in [0.05, 0.1) is 11.5 Å². The van der Waals surface area contributed by atoms with Crippen LogP contribution in [0.25, 0.3) is 0 Å². The van der Waals surface area contributed by atoms with Crippen LogP contribution in [0.1, 0.15) is 39.0 Å². The SMILES string of the molecule is CCCNC1(C(=O)O)CCCC(N2CCS(=O)(=O)CC2)C1. The smallest absolute Gasteiger partial charge is 0.323 e. The van der Waals surface area contributed by atoms with E-state index in [4.69, 9.17) is 0 Å². The van der Waals surface area contributed by atoms with Crippen LogP contribution in [-0.2, 0) is 14.6 Å². The Morgan fingerprint density at radius 1 is 1.38 bits per heavy atom. The first-order valence-electron chi connectivity index (χ1n) is 7.81. The first-order valence-corrected chi connectivity index (χ1v) is 9.63. The van der Waals surface area contributed by atoms with Gasteiger partial charge in [-0.1, -0.05) is 6.92 Å². The molecule has 0 bridgehead atoms. The quantitative estimate of drug-likeness (QED) is 0.767. The number of carbonyl (C=O) groups is 1. The van der Waals surface area contributed by atoms with E-state index in [0.717, 1.165) is 19.3 Å². The van der Waals surface area contributed by atoms with Gasteiger partial charge in [-0.05, 0) is 38.6 Å². The van der Waals surface area contributed by atoms with Crippen molar-refractivity contribution >= 4 is 15.8 Å². The summed E-state index contributed by atoms with van der Waals surface area (Å²) in [6.45, 7) is 3.80. The van der Waals surface area contributed by atoms with E-state index in [9.17, 15) is 18.3 Å². The Labute approximate surface area is 126 Å². The van der Waals surface area contributed by atoms with Crippen molar-refractivity contribution in [1.82, 2.24) is 10.2 Å². The molecule has 1 heterocycles. The predicted octanol–water partition coefficient (Wildman–Crippen LogP) is 0.482. The summed E-state index contributed by atoms with van der Waals surface area (Å²) in [5.41, 5.74) is -0.838. The van der Waals surface area contributed by atoms with Crippen LogP contribution >= 0.6 is 0 Å². The van der Waals surface area contributed by atoms with Gasteiger partial charge in [0.2, 0.25) is 0 Å². The summed E-state index contributed by atoms with van der Waals surface area (Å²) in [5.74, 6) is -0.372. The van der Waals surface area contributed by atoms with Crippen molar-refractivity contribution in [1.29, 1.82) is 0 Å². The summed E-state index contributed by atoms with van der Waals surface area (Å²) in [7, 11) is -2.89. The number of rotatable bonds is 5. The molecule has 0 aromatic rings. The Morgan fingerprint density at radius 2 is 2.05 bits per heavy atom. The minimum Gasteiger partial charge on any atom is -0.480 e. The van der Waals surface area contributed by atoms with Crippen LogP contribution in [0.5, 0.6) is 0 Å². The molecule has 2 unspecified atom stereocenters. The summed E-state index contributed by atoms with van der Waals surface area (Å²) in [6.07, 6.45) is 3.97. The van der Waals surface area contributed by atoms with E-state index in [-0.39, 0.29) is 17.5 Å². The highest BCUT2D eigenvalue weighted by Gasteiger charge is 2.44. The predicted molar refractivity (Wildman–Crippen MR) is 81.1 cm³/mol. The third-order valence-electron chi connectivity index (χ3n) is 4.74. The number of nitrogens with zero attached hydrogens (tertiary/aromatic N) is 1. The number of aliphatic carboxylic acids is 1. The Kier molecular flexibility index (Phi) is 5.27. The summed E-state index contributed by atoms with van der Waals surface area (Å²) in [4.78, 5) is 13.9. The van der Waals surface area contributed by atoms with Crippen molar-refractivity contribution < 1.29 is 18.3 Å². The molecule has 0 spiro atoms.